The summed E-state index contributed by atoms with van der Waals surface area (Å²) in [5.74, 6) is 0. The summed E-state index contributed by atoms with van der Waals surface area (Å²) in [7, 11) is 1.98. The first-order valence-corrected chi connectivity index (χ1v) is 3.99. The van der Waals surface area contributed by atoms with Gasteiger partial charge in [-0.25, -0.2) is 0 Å². The van der Waals surface area contributed by atoms with Gasteiger partial charge in [-0.1, -0.05) is 0 Å². The normalized spacial score (nSPS) is 15.5. The van der Waals surface area contributed by atoms with Crippen molar-refractivity contribution in [2.75, 3.05) is 20.2 Å². The van der Waals surface area contributed by atoms with Crippen molar-refractivity contribution in [3.8, 4) is 0 Å². The Labute approximate surface area is 69.2 Å². The van der Waals surface area contributed by atoms with Crippen molar-refractivity contribution in [2.24, 2.45) is 5.73 Å². The molecule has 0 aromatic carbocycles. The average molecular weight is 160 g/mol. The summed E-state index contributed by atoms with van der Waals surface area (Å²) >= 11 is 0. The van der Waals surface area contributed by atoms with E-state index in [1.165, 1.54) is 0 Å². The van der Waals surface area contributed by atoms with E-state index in [-0.39, 0.29) is 12.1 Å². The van der Waals surface area contributed by atoms with Gasteiger partial charge in [0.2, 0.25) is 0 Å². The summed E-state index contributed by atoms with van der Waals surface area (Å²) in [4.78, 5) is 2.09. The molecule has 0 aliphatic heterocycles. The van der Waals surface area contributed by atoms with Crippen molar-refractivity contribution in [2.45, 2.75) is 32.4 Å². The zero-order chi connectivity index (χ0) is 9.07. The van der Waals surface area contributed by atoms with Crippen molar-refractivity contribution in [3.05, 3.63) is 0 Å². The van der Waals surface area contributed by atoms with E-state index in [1.807, 2.05) is 20.9 Å². The number of nitrogens with two attached hydrogens (primary N) is 1. The standard InChI is InChI=1S/C8H20N2O/c1-7(5-9)10(4)8(2,3)6-11/h7,11H,5-6,9H2,1-4H3. The molecule has 0 aromatic rings. The summed E-state index contributed by atoms with van der Waals surface area (Å²) in [5, 5.41) is 9.03. The summed E-state index contributed by atoms with van der Waals surface area (Å²) in [5.41, 5.74) is 5.33. The molecule has 0 radical (unpaired) electrons. The van der Waals surface area contributed by atoms with Crippen molar-refractivity contribution >= 4 is 0 Å². The number of nitrogens with zero attached hydrogens (tertiary/aromatic N) is 1. The molecule has 3 heteroatoms. The maximum Gasteiger partial charge on any atom is 0.0610 e. The quantitative estimate of drug-likeness (QED) is 0.610. The van der Waals surface area contributed by atoms with Gasteiger partial charge in [-0.05, 0) is 27.8 Å². The third-order valence-electron chi connectivity index (χ3n) is 2.34. The Morgan fingerprint density at radius 3 is 2.27 bits per heavy atom. The first kappa shape index (κ1) is 10.9. The van der Waals surface area contributed by atoms with Crippen molar-refractivity contribution in [1.82, 2.24) is 4.90 Å². The second-order valence-corrected chi connectivity index (χ2v) is 3.67. The van der Waals surface area contributed by atoms with Crippen LogP contribution in [0.15, 0.2) is 0 Å². The minimum absolute atomic E-state index is 0.161. The van der Waals surface area contributed by atoms with Crippen LogP contribution in [0.2, 0.25) is 0 Å². The van der Waals surface area contributed by atoms with Crippen LogP contribution in [0.3, 0.4) is 0 Å². The lowest BCUT2D eigenvalue weighted by atomic mass is 10.0. The smallest absolute Gasteiger partial charge is 0.0610 e. The van der Waals surface area contributed by atoms with E-state index in [0.29, 0.717) is 12.6 Å². The lowest BCUT2D eigenvalue weighted by Crippen LogP contribution is -2.51. The van der Waals surface area contributed by atoms with Gasteiger partial charge in [0.15, 0.2) is 0 Å². The van der Waals surface area contributed by atoms with E-state index in [4.69, 9.17) is 10.8 Å². The lowest BCUT2D eigenvalue weighted by Gasteiger charge is -2.37. The highest BCUT2D eigenvalue weighted by atomic mass is 16.3. The highest BCUT2D eigenvalue weighted by Crippen LogP contribution is 2.13. The van der Waals surface area contributed by atoms with E-state index in [9.17, 15) is 0 Å². The van der Waals surface area contributed by atoms with Gasteiger partial charge in [-0.3, -0.25) is 4.90 Å². The highest BCUT2D eigenvalue weighted by Gasteiger charge is 2.25. The molecular formula is C8H20N2O. The highest BCUT2D eigenvalue weighted by molar-refractivity contribution is 4.81. The maximum atomic E-state index is 9.03. The van der Waals surface area contributed by atoms with Crippen LogP contribution in [0, 0.1) is 0 Å². The second-order valence-electron chi connectivity index (χ2n) is 3.67. The van der Waals surface area contributed by atoms with Gasteiger partial charge < -0.3 is 10.8 Å². The Bertz CT molecular complexity index is 115. The first-order valence-electron chi connectivity index (χ1n) is 3.99. The molecule has 0 aromatic heterocycles. The minimum atomic E-state index is -0.168. The number of likely N-dealkylation sites (N-methyl/N-ethyl adjacent to an activating group) is 1. The third kappa shape index (κ3) is 2.77. The summed E-state index contributed by atoms with van der Waals surface area (Å²) in [6, 6.07) is 0.317. The Kier molecular flexibility index (Phi) is 4.00. The van der Waals surface area contributed by atoms with Crippen LogP contribution in [0.5, 0.6) is 0 Å². The molecule has 0 amide bonds. The molecule has 0 rings (SSSR count). The third-order valence-corrected chi connectivity index (χ3v) is 2.34. The van der Waals surface area contributed by atoms with Crippen LogP contribution in [-0.4, -0.2) is 41.8 Å². The molecule has 3 N–H and O–H groups in total. The predicted octanol–water partition coefficient (Wildman–Crippen LogP) is 0.0363. The van der Waals surface area contributed by atoms with Crippen molar-refractivity contribution < 1.29 is 5.11 Å². The monoisotopic (exact) mass is 160 g/mol. The average Bonchev–Trinajstić information content (AvgIpc) is 2.01. The summed E-state index contributed by atoms with van der Waals surface area (Å²) in [6.45, 7) is 6.84. The molecule has 0 heterocycles. The van der Waals surface area contributed by atoms with Gasteiger partial charge in [0.1, 0.15) is 0 Å². The molecule has 11 heavy (non-hydrogen) atoms. The number of aliphatic hydroxyl groups is 1. The summed E-state index contributed by atoms with van der Waals surface area (Å²) in [6.07, 6.45) is 0. The Morgan fingerprint density at radius 2 is 2.00 bits per heavy atom. The molecule has 3 nitrogen and oxygen atoms in total. The van der Waals surface area contributed by atoms with E-state index >= 15 is 0 Å². The van der Waals surface area contributed by atoms with E-state index in [0.717, 1.165) is 0 Å². The van der Waals surface area contributed by atoms with Gasteiger partial charge in [0.25, 0.3) is 0 Å². The van der Waals surface area contributed by atoms with Crippen LogP contribution >= 0.6 is 0 Å². The fourth-order valence-electron chi connectivity index (χ4n) is 0.866. The zero-order valence-electron chi connectivity index (χ0n) is 7.96. The van der Waals surface area contributed by atoms with Crippen LogP contribution < -0.4 is 5.73 Å². The molecule has 1 unspecified atom stereocenters. The van der Waals surface area contributed by atoms with Gasteiger partial charge in [0.05, 0.1) is 6.61 Å². The lowest BCUT2D eigenvalue weighted by molar-refractivity contribution is 0.0533. The molecule has 0 aliphatic rings. The molecule has 0 spiro atoms. The van der Waals surface area contributed by atoms with E-state index in [2.05, 4.69) is 11.8 Å². The molecule has 0 fully saturated rings. The molecule has 1 atom stereocenters. The van der Waals surface area contributed by atoms with Crippen molar-refractivity contribution in [3.63, 3.8) is 0 Å². The second kappa shape index (κ2) is 4.04. The topological polar surface area (TPSA) is 49.5 Å². The zero-order valence-corrected chi connectivity index (χ0v) is 7.96. The van der Waals surface area contributed by atoms with Crippen LogP contribution in [0.25, 0.3) is 0 Å². The van der Waals surface area contributed by atoms with E-state index < -0.39 is 0 Å². The number of rotatable bonds is 4. The largest absolute Gasteiger partial charge is 0.394 e. The van der Waals surface area contributed by atoms with Gasteiger partial charge in [-0.15, -0.1) is 0 Å². The molecule has 0 saturated heterocycles. The summed E-state index contributed by atoms with van der Waals surface area (Å²) < 4.78 is 0. The number of aliphatic hydroxyl groups excluding tert-OH is 1. The molecule has 68 valence electrons. The van der Waals surface area contributed by atoms with Gasteiger partial charge >= 0.3 is 0 Å². The fraction of sp³-hybridized carbons (Fsp3) is 1.00. The van der Waals surface area contributed by atoms with Crippen LogP contribution in [0.1, 0.15) is 20.8 Å². The Morgan fingerprint density at radius 1 is 1.55 bits per heavy atom. The molecule has 0 aliphatic carbocycles. The van der Waals surface area contributed by atoms with Gasteiger partial charge in [0, 0.05) is 18.1 Å². The number of hydrogen-bond donors (Lipinski definition) is 2. The Hall–Kier alpha value is -0.120. The molecule has 0 saturated carbocycles. The van der Waals surface area contributed by atoms with Gasteiger partial charge in [-0.2, -0.15) is 0 Å². The van der Waals surface area contributed by atoms with Crippen molar-refractivity contribution in [1.29, 1.82) is 0 Å². The molecule has 0 bridgehead atoms. The first-order chi connectivity index (χ1) is 4.95. The maximum absolute atomic E-state index is 9.03. The SMILES string of the molecule is CC(CN)N(C)C(C)(C)CO. The molecular weight excluding hydrogens is 140 g/mol. The fourth-order valence-corrected chi connectivity index (χ4v) is 0.866. The van der Waals surface area contributed by atoms with E-state index in [1.54, 1.807) is 0 Å². The minimum Gasteiger partial charge on any atom is -0.394 e. The Balaban J connectivity index is 4.10. The number of hydrogen-bond acceptors (Lipinski definition) is 3. The predicted molar refractivity (Wildman–Crippen MR) is 47.4 cm³/mol. The van der Waals surface area contributed by atoms with Crippen LogP contribution in [-0.2, 0) is 0 Å². The van der Waals surface area contributed by atoms with Crippen LogP contribution in [0.4, 0.5) is 0 Å².